The minimum absolute atomic E-state index is 0. The fraction of sp³-hybridized carbons (Fsp3) is 0.211. The molecule has 0 saturated carbocycles. The van der Waals surface area contributed by atoms with Gasteiger partial charge in [0, 0.05) is 72.2 Å². The van der Waals surface area contributed by atoms with Crippen molar-refractivity contribution in [2.45, 2.75) is 104 Å². The van der Waals surface area contributed by atoms with Crippen molar-refractivity contribution in [2.24, 2.45) is 0 Å². The molecule has 5 nitrogen and oxygen atoms in total. The van der Waals surface area contributed by atoms with Gasteiger partial charge in [-0.2, -0.15) is 12.1 Å². The molecule has 0 atom stereocenters. The van der Waals surface area contributed by atoms with E-state index < -0.39 is 0 Å². The van der Waals surface area contributed by atoms with Gasteiger partial charge in [-0.1, -0.05) is 215 Å². The summed E-state index contributed by atoms with van der Waals surface area (Å²) in [4.78, 5) is 9.72. The summed E-state index contributed by atoms with van der Waals surface area (Å²) in [6.45, 7) is 27.5. The van der Waals surface area contributed by atoms with Crippen LogP contribution in [0.1, 0.15) is 127 Å². The maximum atomic E-state index is 6.94. The summed E-state index contributed by atoms with van der Waals surface area (Å²) in [5, 5.41) is 2.20. The Hall–Kier alpha value is -7.98. The topological polar surface area (TPSA) is 33.5 Å². The number of benzene rings is 9. The molecule has 6 heteroatoms. The molecule has 1 aliphatic rings. The van der Waals surface area contributed by atoms with Crippen LogP contribution in [0.15, 0.2) is 212 Å². The van der Waals surface area contributed by atoms with Crippen molar-refractivity contribution < 1.29 is 25.8 Å². The largest absolute Gasteiger partial charge is 0.509 e. The average molecular weight is 1250 g/mol. The fourth-order valence-corrected chi connectivity index (χ4v) is 11.9. The van der Waals surface area contributed by atoms with E-state index in [0.717, 1.165) is 50.4 Å². The van der Waals surface area contributed by atoms with Crippen LogP contribution in [-0.2, 0) is 37.3 Å². The summed E-state index contributed by atoms with van der Waals surface area (Å²) < 4.78 is 9.19. The molecule has 0 saturated heterocycles. The molecule has 2 aromatic heterocycles. The van der Waals surface area contributed by atoms with E-state index in [-0.39, 0.29) is 37.3 Å². The predicted octanol–water partition coefficient (Wildman–Crippen LogP) is 20.5. The Bertz CT molecular complexity index is 4090. The minimum atomic E-state index is -0.271. The molecule has 11 aromatic rings. The van der Waals surface area contributed by atoms with Gasteiger partial charge in [0.2, 0.25) is 0 Å². The monoisotopic (exact) mass is 1250 g/mol. The van der Waals surface area contributed by atoms with Gasteiger partial charge in [-0.05, 0) is 126 Å². The Morgan fingerprint density at radius 3 is 1.73 bits per heavy atom. The Balaban J connectivity index is 0.00000705. The van der Waals surface area contributed by atoms with Crippen molar-refractivity contribution in [1.29, 1.82) is 0 Å². The molecule has 414 valence electrons. The van der Waals surface area contributed by atoms with E-state index in [1.165, 1.54) is 61.2 Å². The molecule has 0 fully saturated rings. The molecular weight excluding hydrogens is 1180 g/mol. The zero-order chi connectivity index (χ0) is 56.4. The summed E-state index contributed by atoms with van der Waals surface area (Å²) in [6, 6.07) is 82.2. The number of anilines is 4. The summed E-state index contributed by atoms with van der Waals surface area (Å²) >= 11 is 0. The summed E-state index contributed by atoms with van der Waals surface area (Å²) in [5.74, 6) is 2.68. The zero-order valence-electron chi connectivity index (χ0n) is 49.0. The molecule has 9 aromatic carbocycles. The summed E-state index contributed by atoms with van der Waals surface area (Å²) in [6.07, 6.45) is 1.94. The number of hydrogen-bond donors (Lipinski definition) is 0. The number of fused-ring (bicyclic) bond motifs is 4. The molecule has 0 N–H and O–H groups in total. The first-order valence-electron chi connectivity index (χ1n) is 28.6. The predicted molar refractivity (Wildman–Crippen MR) is 339 cm³/mol. The average Bonchev–Trinajstić information content (AvgIpc) is 4.12. The van der Waals surface area contributed by atoms with Crippen LogP contribution in [0.3, 0.4) is 0 Å². The second-order valence-electron chi connectivity index (χ2n) is 24.6. The van der Waals surface area contributed by atoms with E-state index >= 15 is 0 Å². The van der Waals surface area contributed by atoms with Gasteiger partial charge in [-0.15, -0.1) is 48.1 Å². The molecule has 0 bridgehead atoms. The number of nitrogens with zero attached hydrogens (tertiary/aromatic N) is 4. The maximum absolute atomic E-state index is 6.94. The Morgan fingerprint density at radius 2 is 1.09 bits per heavy atom. The molecule has 12 rings (SSSR count). The van der Waals surface area contributed by atoms with Gasteiger partial charge in [-0.25, -0.2) is 4.98 Å². The fourth-order valence-electron chi connectivity index (χ4n) is 11.9. The van der Waals surface area contributed by atoms with E-state index in [9.17, 15) is 0 Å². The SMILES string of the molecule is CC(C)c1cccc(C(C)C)c1-c1ccc2c(c1)N(c1[c-]c(Oc3[c-]c4c(cc3)c3cc(C(C)(C)c5ccccc5)ccc3n4-c3cc(C(C)(C)c4ccccc4)ccn3)ccc1)[CH-]N2c1cc(-c2ccccc2)cc(C(C)(C)C)c1.[Pt]. The number of aromatic nitrogens is 2. The summed E-state index contributed by atoms with van der Waals surface area (Å²) in [5.41, 5.74) is 19.2. The van der Waals surface area contributed by atoms with Crippen LogP contribution in [0.2, 0.25) is 0 Å². The Morgan fingerprint density at radius 1 is 0.463 bits per heavy atom. The number of rotatable bonds is 13. The second-order valence-corrected chi connectivity index (χ2v) is 24.6. The standard InChI is InChI=1S/C76H71N4O.Pt/c1-50(2)64-31-22-32-65(51(3)4)73(64)53-33-37-69-71(43-53)78(49-79(69)61-42-54(52-23-15-12-16-24-52)41-59(44-61)74(5,6)7)60-29-21-30-62(47-60)81-63-35-36-66-67-45-57(75(8,9)55-25-17-13-18-26-55)34-38-68(67)80(70(66)48-63)72-46-58(39-40-77-72)76(10,11)56-27-19-14-20-28-56;/h12-46,49-51H,1-11H3;/q-3;. The first kappa shape index (κ1) is 55.9. The molecule has 1 aliphatic heterocycles. The first-order chi connectivity index (χ1) is 38.9. The van der Waals surface area contributed by atoms with Crippen molar-refractivity contribution in [2.75, 3.05) is 9.80 Å². The van der Waals surface area contributed by atoms with Gasteiger partial charge >= 0.3 is 0 Å². The Kier molecular flexibility index (Phi) is 15.0. The van der Waals surface area contributed by atoms with E-state index in [0.29, 0.717) is 23.3 Å². The third-order valence-electron chi connectivity index (χ3n) is 16.8. The smallest absolute Gasteiger partial charge is 0.135 e. The molecule has 0 aliphatic carbocycles. The van der Waals surface area contributed by atoms with E-state index in [4.69, 9.17) is 9.72 Å². The molecular formula is C76H71N4OPt-3. The van der Waals surface area contributed by atoms with E-state index in [1.54, 1.807) is 0 Å². The first-order valence-corrected chi connectivity index (χ1v) is 28.6. The van der Waals surface area contributed by atoms with Crippen LogP contribution in [0.25, 0.3) is 49.9 Å². The van der Waals surface area contributed by atoms with Gasteiger partial charge < -0.3 is 19.1 Å². The van der Waals surface area contributed by atoms with Crippen molar-refractivity contribution in [1.82, 2.24) is 9.55 Å². The van der Waals surface area contributed by atoms with Gasteiger partial charge in [0.1, 0.15) is 5.82 Å². The van der Waals surface area contributed by atoms with Crippen LogP contribution in [0.5, 0.6) is 11.5 Å². The van der Waals surface area contributed by atoms with E-state index in [1.807, 2.05) is 18.3 Å². The quantitative estimate of drug-likeness (QED) is 0.108. The Labute approximate surface area is 500 Å². The van der Waals surface area contributed by atoms with Crippen molar-refractivity contribution in [3.8, 4) is 39.6 Å². The maximum Gasteiger partial charge on any atom is 0.135 e. The van der Waals surface area contributed by atoms with Gasteiger partial charge in [0.15, 0.2) is 0 Å². The molecule has 0 unspecified atom stereocenters. The number of ether oxygens (including phenoxy) is 1. The van der Waals surface area contributed by atoms with Crippen LogP contribution in [0.4, 0.5) is 22.7 Å². The van der Waals surface area contributed by atoms with Crippen LogP contribution in [0, 0.1) is 18.8 Å². The second kappa shape index (κ2) is 22.1. The van der Waals surface area contributed by atoms with E-state index in [2.05, 4.69) is 303 Å². The number of pyridine rings is 1. The van der Waals surface area contributed by atoms with Crippen molar-refractivity contribution in [3.05, 3.63) is 270 Å². The molecule has 82 heavy (non-hydrogen) atoms. The molecule has 0 amide bonds. The van der Waals surface area contributed by atoms with Gasteiger partial charge in [-0.3, -0.25) is 0 Å². The van der Waals surface area contributed by atoms with Crippen LogP contribution >= 0.6 is 0 Å². The summed E-state index contributed by atoms with van der Waals surface area (Å²) in [7, 11) is 0. The van der Waals surface area contributed by atoms with Crippen LogP contribution in [-0.4, -0.2) is 9.55 Å². The zero-order valence-corrected chi connectivity index (χ0v) is 51.2. The minimum Gasteiger partial charge on any atom is -0.509 e. The third-order valence-corrected chi connectivity index (χ3v) is 16.8. The number of hydrogen-bond acceptors (Lipinski definition) is 4. The third kappa shape index (κ3) is 10.4. The van der Waals surface area contributed by atoms with Crippen molar-refractivity contribution in [3.63, 3.8) is 0 Å². The van der Waals surface area contributed by atoms with Gasteiger partial charge in [0.05, 0.1) is 0 Å². The normalized spacial score (nSPS) is 12.8. The van der Waals surface area contributed by atoms with Crippen LogP contribution < -0.4 is 14.5 Å². The van der Waals surface area contributed by atoms with Crippen molar-refractivity contribution >= 4 is 44.6 Å². The van der Waals surface area contributed by atoms with Gasteiger partial charge in [0.25, 0.3) is 0 Å². The molecule has 3 heterocycles. The molecule has 0 spiro atoms. The molecule has 0 radical (unpaired) electrons.